The molecule has 1 heteroatoms. The maximum Gasteiger partial charge on any atom is 0.347 e. The van der Waals surface area contributed by atoms with Crippen LogP contribution in [0, 0.1) is 0 Å². The molecule has 0 saturated carbocycles. The molecule has 0 nitrogen and oxygen atoms in total. The van der Waals surface area contributed by atoms with Crippen molar-refractivity contribution in [3.05, 3.63) is 59.7 Å². The standard InChI is InChI=1S/C14H10.C2H5.Al/c1-3-7-13(8-4-1)11-12-14-9-5-2-6-10-14;1-2;/h1-7,9,11-12H;1H2,2H3;. The van der Waals surface area contributed by atoms with E-state index in [1.54, 1.807) is 8.85 Å². The van der Waals surface area contributed by atoms with E-state index in [-0.39, 0.29) is 0 Å². The van der Waals surface area contributed by atoms with Gasteiger partial charge in [0.2, 0.25) is 0 Å². The van der Waals surface area contributed by atoms with Gasteiger partial charge in [-0.3, -0.25) is 0 Å². The van der Waals surface area contributed by atoms with E-state index in [0.717, 1.165) is 0 Å². The summed E-state index contributed by atoms with van der Waals surface area (Å²) in [4.78, 5) is 0. The van der Waals surface area contributed by atoms with Crippen LogP contribution in [0.15, 0.2) is 48.5 Å². The van der Waals surface area contributed by atoms with Crippen molar-refractivity contribution in [2.75, 3.05) is 0 Å². The molecular weight excluding hydrogens is 219 g/mol. The van der Waals surface area contributed by atoms with Gasteiger partial charge in [0.1, 0.15) is 0 Å². The van der Waals surface area contributed by atoms with Crippen molar-refractivity contribution in [1.29, 1.82) is 0 Å². The highest BCUT2D eigenvalue weighted by Gasteiger charge is 2.25. The SMILES string of the molecule is C[CH2][Al]1[c]2ccccc2C=Cc2cccc[c]21. The monoisotopic (exact) mass is 234 g/mol. The Labute approximate surface area is 107 Å². The van der Waals surface area contributed by atoms with E-state index in [1.165, 1.54) is 16.4 Å². The fourth-order valence-electron chi connectivity index (χ4n) is 2.75. The Balaban J connectivity index is 2.25. The first-order chi connectivity index (χ1) is 8.40. The van der Waals surface area contributed by atoms with E-state index < -0.39 is 14.1 Å². The summed E-state index contributed by atoms with van der Waals surface area (Å²) in [5.74, 6) is 0. The average Bonchev–Trinajstić information content (AvgIpc) is 2.55. The van der Waals surface area contributed by atoms with Crippen molar-refractivity contribution in [3.63, 3.8) is 0 Å². The van der Waals surface area contributed by atoms with Gasteiger partial charge >= 0.3 is 14.1 Å². The van der Waals surface area contributed by atoms with Gasteiger partial charge in [0.15, 0.2) is 0 Å². The predicted octanol–water partition coefficient (Wildman–Crippen LogP) is 2.80. The van der Waals surface area contributed by atoms with Crippen molar-refractivity contribution < 1.29 is 0 Å². The van der Waals surface area contributed by atoms with Gasteiger partial charge in [0.25, 0.3) is 0 Å². The zero-order valence-corrected chi connectivity index (χ0v) is 11.2. The minimum Gasteiger partial charge on any atom is -0.0972 e. The maximum absolute atomic E-state index is 2.33. The Morgan fingerprint density at radius 2 is 1.24 bits per heavy atom. The number of rotatable bonds is 1. The minimum atomic E-state index is -1.01. The van der Waals surface area contributed by atoms with Crippen molar-refractivity contribution >= 4 is 35.2 Å². The smallest absolute Gasteiger partial charge is 0.0972 e. The third-order valence-electron chi connectivity index (χ3n) is 3.59. The van der Waals surface area contributed by atoms with Gasteiger partial charge in [0.05, 0.1) is 0 Å². The summed E-state index contributed by atoms with van der Waals surface area (Å²) in [5.41, 5.74) is 2.84. The van der Waals surface area contributed by atoms with E-state index in [2.05, 4.69) is 67.6 Å². The molecule has 17 heavy (non-hydrogen) atoms. The van der Waals surface area contributed by atoms with Gasteiger partial charge < -0.3 is 0 Å². The number of hydrogen-bond acceptors (Lipinski definition) is 0. The van der Waals surface area contributed by atoms with Crippen molar-refractivity contribution in [2.24, 2.45) is 0 Å². The van der Waals surface area contributed by atoms with Crippen LogP contribution in [0.4, 0.5) is 0 Å². The zero-order chi connectivity index (χ0) is 11.7. The number of fused-ring (bicyclic) bond motifs is 2. The van der Waals surface area contributed by atoms with Crippen LogP contribution in [0.1, 0.15) is 18.1 Å². The van der Waals surface area contributed by atoms with E-state index in [0.29, 0.717) is 0 Å². The molecule has 82 valence electrons. The van der Waals surface area contributed by atoms with Gasteiger partial charge in [-0.2, -0.15) is 0 Å². The third kappa shape index (κ3) is 1.86. The van der Waals surface area contributed by atoms with Crippen LogP contribution in [0.2, 0.25) is 5.28 Å². The van der Waals surface area contributed by atoms with E-state index in [9.17, 15) is 0 Å². The predicted molar refractivity (Wildman–Crippen MR) is 77.3 cm³/mol. The highest BCUT2D eigenvalue weighted by atomic mass is 27.2. The quantitative estimate of drug-likeness (QED) is 0.666. The lowest BCUT2D eigenvalue weighted by Crippen LogP contribution is -2.43. The van der Waals surface area contributed by atoms with Gasteiger partial charge in [-0.15, -0.1) is 0 Å². The molecule has 0 amide bonds. The summed E-state index contributed by atoms with van der Waals surface area (Å²) in [6.45, 7) is 2.33. The van der Waals surface area contributed by atoms with Crippen LogP contribution < -0.4 is 8.85 Å². The molecule has 1 aliphatic rings. The summed E-state index contributed by atoms with van der Waals surface area (Å²) in [6, 6.07) is 17.8. The van der Waals surface area contributed by atoms with Crippen LogP contribution in [0.5, 0.6) is 0 Å². The molecule has 0 atom stereocenters. The minimum absolute atomic E-state index is 1.01. The Bertz CT molecular complexity index is 520. The molecule has 2 aromatic rings. The first-order valence-electron chi connectivity index (χ1n) is 6.26. The molecule has 0 bridgehead atoms. The van der Waals surface area contributed by atoms with Crippen LogP contribution in [-0.4, -0.2) is 14.1 Å². The number of hydrogen-bond donors (Lipinski definition) is 0. The lowest BCUT2D eigenvalue weighted by atomic mass is 10.1. The second kappa shape index (κ2) is 4.53. The molecule has 3 rings (SSSR count). The fourth-order valence-corrected chi connectivity index (χ4v) is 5.84. The molecular formula is C16H15Al. The largest absolute Gasteiger partial charge is 0.347 e. The second-order valence-corrected chi connectivity index (χ2v) is 7.72. The Kier molecular flexibility index (Phi) is 2.89. The third-order valence-corrected chi connectivity index (χ3v) is 6.96. The molecule has 0 N–H and O–H groups in total. The first kappa shape index (κ1) is 10.8. The molecule has 1 aliphatic heterocycles. The van der Waals surface area contributed by atoms with Crippen molar-refractivity contribution in [1.82, 2.24) is 0 Å². The molecule has 2 aromatic carbocycles. The lowest BCUT2D eigenvalue weighted by Gasteiger charge is -2.13. The van der Waals surface area contributed by atoms with Crippen LogP contribution in [0.3, 0.4) is 0 Å². The molecule has 0 unspecified atom stereocenters. The molecule has 0 saturated heterocycles. The fraction of sp³-hybridized carbons (Fsp3) is 0.125. The summed E-state index contributed by atoms with van der Waals surface area (Å²) in [5, 5.41) is 1.29. The topological polar surface area (TPSA) is 0 Å². The van der Waals surface area contributed by atoms with Crippen LogP contribution in [-0.2, 0) is 0 Å². The van der Waals surface area contributed by atoms with Gasteiger partial charge in [-0.1, -0.05) is 81.7 Å². The number of benzene rings is 2. The van der Waals surface area contributed by atoms with Crippen LogP contribution >= 0.6 is 0 Å². The molecule has 0 aromatic heterocycles. The van der Waals surface area contributed by atoms with E-state index >= 15 is 0 Å². The Morgan fingerprint density at radius 3 is 1.71 bits per heavy atom. The normalized spacial score (nSPS) is 12.9. The van der Waals surface area contributed by atoms with Crippen molar-refractivity contribution in [2.45, 2.75) is 12.2 Å². The maximum atomic E-state index is 2.33. The zero-order valence-electron chi connectivity index (χ0n) is 10.1. The van der Waals surface area contributed by atoms with Crippen molar-refractivity contribution in [3.8, 4) is 0 Å². The van der Waals surface area contributed by atoms with E-state index in [1.807, 2.05) is 0 Å². The lowest BCUT2D eigenvalue weighted by molar-refractivity contribution is 1.43. The molecule has 0 aliphatic carbocycles. The van der Waals surface area contributed by atoms with Gasteiger partial charge in [-0.05, 0) is 11.1 Å². The highest BCUT2D eigenvalue weighted by Crippen LogP contribution is 2.13. The Morgan fingerprint density at radius 1 is 0.765 bits per heavy atom. The molecule has 1 heterocycles. The second-order valence-electron chi connectivity index (χ2n) is 4.55. The molecule has 0 spiro atoms. The highest BCUT2D eigenvalue weighted by molar-refractivity contribution is 6.86. The molecule has 0 fully saturated rings. The molecule has 0 radical (unpaired) electrons. The van der Waals surface area contributed by atoms with Crippen LogP contribution in [0.25, 0.3) is 12.2 Å². The summed E-state index contributed by atoms with van der Waals surface area (Å²) < 4.78 is 3.19. The van der Waals surface area contributed by atoms with Gasteiger partial charge in [0, 0.05) is 0 Å². The average molecular weight is 234 g/mol. The summed E-state index contributed by atoms with van der Waals surface area (Å²) >= 11 is -1.01. The summed E-state index contributed by atoms with van der Waals surface area (Å²) in [6.07, 6.45) is 4.55. The first-order valence-corrected chi connectivity index (χ1v) is 8.23. The summed E-state index contributed by atoms with van der Waals surface area (Å²) in [7, 11) is 0. The van der Waals surface area contributed by atoms with Gasteiger partial charge in [-0.25, -0.2) is 0 Å². The van der Waals surface area contributed by atoms with E-state index in [4.69, 9.17) is 0 Å². The Hall–Kier alpha value is -1.29.